The van der Waals surface area contributed by atoms with E-state index in [2.05, 4.69) is 20.8 Å². The lowest BCUT2D eigenvalue weighted by molar-refractivity contribution is -0.174. The van der Waals surface area contributed by atoms with Crippen LogP contribution >= 0.6 is 0 Å². The fraction of sp³-hybridized carbons (Fsp3) is 0.261. The maximum absolute atomic E-state index is 13.8. The van der Waals surface area contributed by atoms with Gasteiger partial charge in [-0.3, -0.25) is 9.48 Å². The van der Waals surface area contributed by atoms with Crippen LogP contribution in [0.2, 0.25) is 0 Å². The molecule has 34 heavy (non-hydrogen) atoms. The number of aryl methyl sites for hydroxylation is 1. The molecule has 1 aliphatic rings. The quantitative estimate of drug-likeness (QED) is 0.431. The zero-order chi connectivity index (χ0) is 23.9. The van der Waals surface area contributed by atoms with Gasteiger partial charge in [0.05, 0.1) is 18.8 Å². The zero-order valence-electron chi connectivity index (χ0n) is 18.1. The van der Waals surface area contributed by atoms with Crippen LogP contribution in [0, 0.1) is 6.92 Å². The van der Waals surface area contributed by atoms with Gasteiger partial charge in [-0.2, -0.15) is 23.4 Å². The summed E-state index contributed by atoms with van der Waals surface area (Å²) in [4.78, 5) is 12.8. The Bertz CT molecular complexity index is 1310. The Kier molecular flexibility index (Phi) is 5.39. The van der Waals surface area contributed by atoms with Gasteiger partial charge >= 0.3 is 6.18 Å². The molecule has 2 atom stereocenters. The van der Waals surface area contributed by atoms with Crippen molar-refractivity contribution in [3.8, 4) is 0 Å². The first-order valence-corrected chi connectivity index (χ1v) is 10.6. The molecule has 3 aromatic heterocycles. The third-order valence-electron chi connectivity index (χ3n) is 5.78. The highest BCUT2D eigenvalue weighted by Gasteiger charge is 2.47. The van der Waals surface area contributed by atoms with Crippen LogP contribution in [-0.2, 0) is 6.54 Å². The van der Waals surface area contributed by atoms with E-state index in [1.165, 1.54) is 12.3 Å². The van der Waals surface area contributed by atoms with Crippen molar-refractivity contribution in [3.05, 3.63) is 83.6 Å². The Morgan fingerprint density at radius 2 is 2.03 bits per heavy atom. The molecular formula is C23H21F3N6O2. The van der Waals surface area contributed by atoms with Crippen LogP contribution in [0.4, 0.5) is 24.8 Å². The van der Waals surface area contributed by atoms with Gasteiger partial charge in [-0.05, 0) is 30.2 Å². The molecular weight excluding hydrogens is 449 g/mol. The number of halogens is 3. The Labute approximate surface area is 192 Å². The minimum atomic E-state index is -4.55. The first kappa shape index (κ1) is 21.8. The summed E-state index contributed by atoms with van der Waals surface area (Å²) < 4.78 is 49.1. The predicted octanol–water partition coefficient (Wildman–Crippen LogP) is 4.94. The number of benzene rings is 1. The van der Waals surface area contributed by atoms with Crippen molar-refractivity contribution in [3.63, 3.8) is 0 Å². The molecule has 176 valence electrons. The van der Waals surface area contributed by atoms with Gasteiger partial charge in [-0.25, -0.2) is 4.68 Å². The normalized spacial score (nSPS) is 17.8. The number of anilines is 2. The predicted molar refractivity (Wildman–Crippen MR) is 117 cm³/mol. The smallest absolute Gasteiger partial charge is 0.410 e. The molecule has 0 saturated heterocycles. The summed E-state index contributed by atoms with van der Waals surface area (Å²) in [6.45, 7) is 2.52. The molecule has 11 heteroatoms. The number of fused-ring (bicyclic) bond motifs is 1. The van der Waals surface area contributed by atoms with Gasteiger partial charge in [0.1, 0.15) is 11.6 Å². The second kappa shape index (κ2) is 8.40. The van der Waals surface area contributed by atoms with Crippen LogP contribution in [0.25, 0.3) is 0 Å². The monoisotopic (exact) mass is 470 g/mol. The van der Waals surface area contributed by atoms with E-state index in [1.807, 2.05) is 31.2 Å². The van der Waals surface area contributed by atoms with Crippen molar-refractivity contribution in [1.82, 2.24) is 19.6 Å². The van der Waals surface area contributed by atoms with E-state index in [0.29, 0.717) is 12.3 Å². The van der Waals surface area contributed by atoms with Gasteiger partial charge in [0.15, 0.2) is 17.6 Å². The summed E-state index contributed by atoms with van der Waals surface area (Å²) in [5.74, 6) is 0.0933. The van der Waals surface area contributed by atoms with Gasteiger partial charge in [0.2, 0.25) is 0 Å². The van der Waals surface area contributed by atoms with Crippen molar-refractivity contribution in [2.45, 2.75) is 38.1 Å². The number of hydrogen-bond acceptors (Lipinski definition) is 5. The Balaban J connectivity index is 1.34. The molecule has 4 heterocycles. The molecule has 0 radical (unpaired) electrons. The summed E-state index contributed by atoms with van der Waals surface area (Å²) >= 11 is 0. The number of nitrogens with zero attached hydrogens (tertiary/aromatic N) is 4. The number of aromatic nitrogens is 4. The highest BCUT2D eigenvalue weighted by atomic mass is 19.4. The molecule has 0 spiro atoms. The first-order chi connectivity index (χ1) is 16.3. The molecule has 8 nitrogen and oxygen atoms in total. The Hall–Kier alpha value is -4.02. The van der Waals surface area contributed by atoms with Crippen molar-refractivity contribution in [2.75, 3.05) is 10.6 Å². The molecule has 1 amide bonds. The number of amides is 1. The molecule has 0 fully saturated rings. The Morgan fingerprint density at radius 1 is 1.21 bits per heavy atom. The van der Waals surface area contributed by atoms with Crippen molar-refractivity contribution in [1.29, 1.82) is 0 Å². The number of rotatable bonds is 5. The van der Waals surface area contributed by atoms with Crippen LogP contribution < -0.4 is 10.6 Å². The van der Waals surface area contributed by atoms with Crippen molar-refractivity contribution in [2.24, 2.45) is 0 Å². The zero-order valence-corrected chi connectivity index (χ0v) is 18.1. The maximum atomic E-state index is 13.8. The van der Waals surface area contributed by atoms with E-state index < -0.39 is 24.2 Å². The topological polar surface area (TPSA) is 89.9 Å². The van der Waals surface area contributed by atoms with E-state index in [0.717, 1.165) is 15.8 Å². The fourth-order valence-electron chi connectivity index (χ4n) is 4.02. The second-order valence-corrected chi connectivity index (χ2v) is 8.14. The van der Waals surface area contributed by atoms with E-state index in [1.54, 1.807) is 29.1 Å². The minimum absolute atomic E-state index is 0.0882. The third-order valence-corrected chi connectivity index (χ3v) is 5.78. The first-order valence-electron chi connectivity index (χ1n) is 10.6. The number of carbonyl (C=O) groups is 1. The van der Waals surface area contributed by atoms with E-state index >= 15 is 0 Å². The van der Waals surface area contributed by atoms with Crippen LogP contribution in [0.15, 0.2) is 65.4 Å². The molecule has 0 unspecified atom stereocenters. The fourth-order valence-corrected chi connectivity index (χ4v) is 4.02. The SMILES string of the molecule is Cc1ccccc1Cn1ccc(NC(=O)c2cc3n(n2)[C@@H](C(F)(F)F)C[C@H](c2ccco2)N3)n1. The number of carbonyl (C=O) groups excluding carboxylic acids is 1. The van der Waals surface area contributed by atoms with Gasteiger partial charge in [0, 0.05) is 24.8 Å². The van der Waals surface area contributed by atoms with Crippen LogP contribution in [0.1, 0.15) is 45.9 Å². The molecule has 1 aliphatic heterocycles. The standard InChI is InChI=1S/C23H21F3N6O2/c1-14-5-2-3-6-15(14)13-31-9-8-20(30-31)28-22(33)17-12-21-27-16(18-7-4-10-34-18)11-19(23(24,25)26)32(21)29-17/h2-10,12,16,19,27H,11,13H2,1H3,(H,28,30,33)/t16-,19-/m1/s1. The summed E-state index contributed by atoms with van der Waals surface area (Å²) in [5.41, 5.74) is 2.05. The summed E-state index contributed by atoms with van der Waals surface area (Å²) in [6.07, 6.45) is -1.73. The van der Waals surface area contributed by atoms with E-state index in [-0.39, 0.29) is 23.8 Å². The molecule has 0 saturated carbocycles. The highest BCUT2D eigenvalue weighted by Crippen LogP contribution is 2.43. The van der Waals surface area contributed by atoms with Crippen molar-refractivity contribution >= 4 is 17.5 Å². The molecule has 1 aromatic carbocycles. The average Bonchev–Trinajstić information content (AvgIpc) is 3.54. The second-order valence-electron chi connectivity index (χ2n) is 8.14. The number of furan rings is 1. The largest absolute Gasteiger partial charge is 0.467 e. The maximum Gasteiger partial charge on any atom is 0.410 e. The number of nitrogens with one attached hydrogen (secondary N) is 2. The lowest BCUT2D eigenvalue weighted by Gasteiger charge is -2.32. The lowest BCUT2D eigenvalue weighted by Crippen LogP contribution is -2.35. The number of hydrogen-bond donors (Lipinski definition) is 2. The average molecular weight is 470 g/mol. The van der Waals surface area contributed by atoms with Crippen LogP contribution in [-0.4, -0.2) is 31.6 Å². The lowest BCUT2D eigenvalue weighted by atomic mass is 10.0. The van der Waals surface area contributed by atoms with Gasteiger partial charge in [-0.1, -0.05) is 24.3 Å². The Morgan fingerprint density at radius 3 is 2.76 bits per heavy atom. The minimum Gasteiger partial charge on any atom is -0.467 e. The highest BCUT2D eigenvalue weighted by molar-refractivity contribution is 6.02. The summed E-state index contributed by atoms with van der Waals surface area (Å²) in [6, 6.07) is 11.4. The molecule has 2 N–H and O–H groups in total. The third kappa shape index (κ3) is 4.28. The molecule has 5 rings (SSSR count). The van der Waals surface area contributed by atoms with Crippen molar-refractivity contribution < 1.29 is 22.4 Å². The van der Waals surface area contributed by atoms with Crippen LogP contribution in [0.3, 0.4) is 0 Å². The molecule has 4 aromatic rings. The van der Waals surface area contributed by atoms with Gasteiger partial charge in [0.25, 0.3) is 5.91 Å². The summed E-state index contributed by atoms with van der Waals surface area (Å²) in [7, 11) is 0. The van der Waals surface area contributed by atoms with Gasteiger partial charge in [-0.15, -0.1) is 0 Å². The van der Waals surface area contributed by atoms with Crippen LogP contribution in [0.5, 0.6) is 0 Å². The van der Waals surface area contributed by atoms with E-state index in [9.17, 15) is 18.0 Å². The van der Waals surface area contributed by atoms with E-state index in [4.69, 9.17) is 4.42 Å². The summed E-state index contributed by atoms with van der Waals surface area (Å²) in [5, 5.41) is 13.9. The number of alkyl halides is 3. The molecule has 0 aliphatic carbocycles. The molecule has 0 bridgehead atoms. The van der Waals surface area contributed by atoms with Gasteiger partial charge < -0.3 is 15.1 Å².